The lowest BCUT2D eigenvalue weighted by atomic mass is 10.1. The van der Waals surface area contributed by atoms with Crippen LogP contribution in [0.4, 0.5) is 10.1 Å². The molecule has 0 aromatic heterocycles. The molecule has 4 nitrogen and oxygen atoms in total. The zero-order valence-corrected chi connectivity index (χ0v) is 12.7. The maximum absolute atomic E-state index is 13.6. The molecule has 0 heterocycles. The maximum Gasteiger partial charge on any atom is 0.262 e. The summed E-state index contributed by atoms with van der Waals surface area (Å²) >= 11 is 0. The van der Waals surface area contributed by atoms with Gasteiger partial charge in [0, 0.05) is 6.54 Å². The molecule has 2 aromatic carbocycles. The van der Waals surface area contributed by atoms with E-state index in [1.165, 1.54) is 24.3 Å². The van der Waals surface area contributed by atoms with E-state index >= 15 is 0 Å². The van der Waals surface area contributed by atoms with Gasteiger partial charge in [0.2, 0.25) is 0 Å². The minimum absolute atomic E-state index is 0.0593. The van der Waals surface area contributed by atoms with Crippen molar-refractivity contribution in [3.63, 3.8) is 0 Å². The van der Waals surface area contributed by atoms with Crippen molar-refractivity contribution in [3.8, 4) is 0 Å². The highest BCUT2D eigenvalue weighted by Crippen LogP contribution is 2.23. The van der Waals surface area contributed by atoms with Gasteiger partial charge in [-0.05, 0) is 43.3 Å². The van der Waals surface area contributed by atoms with Crippen LogP contribution in [0.15, 0.2) is 47.4 Å². The molecule has 0 saturated heterocycles. The van der Waals surface area contributed by atoms with Gasteiger partial charge in [0.1, 0.15) is 5.82 Å². The second kappa shape index (κ2) is 6.24. The van der Waals surface area contributed by atoms with Crippen molar-refractivity contribution in [1.82, 2.24) is 5.32 Å². The van der Waals surface area contributed by atoms with E-state index in [-0.39, 0.29) is 10.6 Å². The van der Waals surface area contributed by atoms with Crippen molar-refractivity contribution >= 4 is 15.7 Å². The standard InChI is InChI=1S/C15H17FN2O2S/c1-11-12(10-17-2)6-5-9-15(11)21(19,20)18-14-8-4-3-7-13(14)16/h3-9,17-18H,10H2,1-2H3. The molecule has 0 bridgehead atoms. The van der Waals surface area contributed by atoms with Crippen molar-refractivity contribution < 1.29 is 12.8 Å². The maximum atomic E-state index is 13.6. The molecule has 2 rings (SSSR count). The first-order valence-electron chi connectivity index (χ1n) is 6.46. The minimum atomic E-state index is -3.83. The van der Waals surface area contributed by atoms with Gasteiger partial charge in [-0.2, -0.15) is 0 Å². The number of nitrogens with one attached hydrogen (secondary N) is 2. The minimum Gasteiger partial charge on any atom is -0.316 e. The van der Waals surface area contributed by atoms with Crippen molar-refractivity contribution in [1.29, 1.82) is 0 Å². The zero-order chi connectivity index (χ0) is 15.5. The number of para-hydroxylation sites is 1. The second-order valence-electron chi connectivity index (χ2n) is 4.66. The largest absolute Gasteiger partial charge is 0.316 e. The van der Waals surface area contributed by atoms with Crippen LogP contribution in [-0.4, -0.2) is 15.5 Å². The molecule has 0 radical (unpaired) electrons. The Kier molecular flexibility index (Phi) is 4.59. The first-order valence-corrected chi connectivity index (χ1v) is 7.94. The van der Waals surface area contributed by atoms with Gasteiger partial charge >= 0.3 is 0 Å². The van der Waals surface area contributed by atoms with Crippen molar-refractivity contribution in [2.75, 3.05) is 11.8 Å². The third-order valence-electron chi connectivity index (χ3n) is 3.17. The molecule has 0 fully saturated rings. The molecule has 0 aliphatic heterocycles. The summed E-state index contributed by atoms with van der Waals surface area (Å²) in [5, 5.41) is 2.99. The summed E-state index contributed by atoms with van der Waals surface area (Å²) in [5.41, 5.74) is 1.47. The van der Waals surface area contributed by atoms with Crippen molar-refractivity contribution in [2.45, 2.75) is 18.4 Å². The number of benzene rings is 2. The number of hydrogen-bond donors (Lipinski definition) is 2. The summed E-state index contributed by atoms with van der Waals surface area (Å²) < 4.78 is 40.8. The molecule has 0 amide bonds. The van der Waals surface area contributed by atoms with Gasteiger partial charge in [0.15, 0.2) is 0 Å². The van der Waals surface area contributed by atoms with E-state index in [9.17, 15) is 12.8 Å². The van der Waals surface area contributed by atoms with Gasteiger partial charge in [-0.15, -0.1) is 0 Å². The Labute approximate surface area is 124 Å². The number of rotatable bonds is 5. The Balaban J connectivity index is 2.41. The van der Waals surface area contributed by atoms with Crippen LogP contribution in [0.25, 0.3) is 0 Å². The third kappa shape index (κ3) is 3.40. The summed E-state index contributed by atoms with van der Waals surface area (Å²) in [5.74, 6) is -0.606. The lowest BCUT2D eigenvalue weighted by Gasteiger charge is -2.13. The number of sulfonamides is 1. The molecule has 2 N–H and O–H groups in total. The summed E-state index contributed by atoms with van der Waals surface area (Å²) in [6.07, 6.45) is 0. The van der Waals surface area contributed by atoms with E-state index in [1.807, 2.05) is 6.07 Å². The molecule has 0 unspecified atom stereocenters. The van der Waals surface area contributed by atoms with Crippen LogP contribution < -0.4 is 10.0 Å². The van der Waals surface area contributed by atoms with Crippen LogP contribution in [0.5, 0.6) is 0 Å². The van der Waals surface area contributed by atoms with Crippen LogP contribution in [-0.2, 0) is 16.6 Å². The molecular formula is C15H17FN2O2S. The average molecular weight is 308 g/mol. The average Bonchev–Trinajstić information content (AvgIpc) is 2.43. The quantitative estimate of drug-likeness (QED) is 0.893. The Bertz CT molecular complexity index is 745. The predicted molar refractivity (Wildman–Crippen MR) is 81.2 cm³/mol. The van der Waals surface area contributed by atoms with E-state index in [1.54, 1.807) is 26.1 Å². The topological polar surface area (TPSA) is 58.2 Å². The number of anilines is 1. The van der Waals surface area contributed by atoms with E-state index < -0.39 is 15.8 Å². The first-order chi connectivity index (χ1) is 9.95. The molecule has 0 atom stereocenters. The molecule has 0 aliphatic rings. The van der Waals surface area contributed by atoms with Crippen LogP contribution in [0, 0.1) is 12.7 Å². The Morgan fingerprint density at radius 2 is 1.81 bits per heavy atom. The highest BCUT2D eigenvalue weighted by Gasteiger charge is 2.19. The fraction of sp³-hybridized carbons (Fsp3) is 0.200. The fourth-order valence-corrected chi connectivity index (χ4v) is 3.43. The summed E-state index contributed by atoms with van der Waals surface area (Å²) in [4.78, 5) is 0.151. The molecule has 112 valence electrons. The van der Waals surface area contributed by atoms with E-state index in [0.717, 1.165) is 5.56 Å². The third-order valence-corrected chi connectivity index (χ3v) is 4.68. The smallest absolute Gasteiger partial charge is 0.262 e. The zero-order valence-electron chi connectivity index (χ0n) is 11.9. The molecule has 2 aromatic rings. The SMILES string of the molecule is CNCc1cccc(S(=O)(=O)Nc2ccccc2F)c1C. The van der Waals surface area contributed by atoms with Crippen molar-refractivity contribution in [2.24, 2.45) is 0 Å². The Morgan fingerprint density at radius 1 is 1.10 bits per heavy atom. The lowest BCUT2D eigenvalue weighted by molar-refractivity contribution is 0.597. The van der Waals surface area contributed by atoms with Crippen LogP contribution >= 0.6 is 0 Å². The predicted octanol–water partition coefficient (Wildman–Crippen LogP) is 2.65. The normalized spacial score (nSPS) is 11.4. The van der Waals surface area contributed by atoms with E-state index in [4.69, 9.17) is 0 Å². The monoisotopic (exact) mass is 308 g/mol. The molecule has 0 aliphatic carbocycles. The number of halogens is 1. The molecule has 21 heavy (non-hydrogen) atoms. The van der Waals surface area contributed by atoms with Gasteiger partial charge in [-0.1, -0.05) is 24.3 Å². The van der Waals surface area contributed by atoms with E-state index in [2.05, 4.69) is 10.0 Å². The van der Waals surface area contributed by atoms with E-state index in [0.29, 0.717) is 12.1 Å². The highest BCUT2D eigenvalue weighted by molar-refractivity contribution is 7.92. The lowest BCUT2D eigenvalue weighted by Crippen LogP contribution is -2.17. The van der Waals surface area contributed by atoms with Crippen molar-refractivity contribution in [3.05, 3.63) is 59.4 Å². The van der Waals surface area contributed by atoms with Crippen LogP contribution in [0.1, 0.15) is 11.1 Å². The fourth-order valence-electron chi connectivity index (χ4n) is 2.08. The molecule has 6 heteroatoms. The first kappa shape index (κ1) is 15.5. The Hall–Kier alpha value is -1.92. The summed E-state index contributed by atoms with van der Waals surface area (Å²) in [6.45, 7) is 2.30. The van der Waals surface area contributed by atoms with Gasteiger partial charge in [0.05, 0.1) is 10.6 Å². The van der Waals surface area contributed by atoms with Gasteiger partial charge in [-0.3, -0.25) is 4.72 Å². The Morgan fingerprint density at radius 3 is 2.48 bits per heavy atom. The number of hydrogen-bond acceptors (Lipinski definition) is 3. The van der Waals surface area contributed by atoms with Gasteiger partial charge in [0.25, 0.3) is 10.0 Å². The van der Waals surface area contributed by atoms with Gasteiger partial charge in [-0.25, -0.2) is 12.8 Å². The molecule has 0 saturated carbocycles. The van der Waals surface area contributed by atoms with Gasteiger partial charge < -0.3 is 5.32 Å². The summed E-state index contributed by atoms with van der Waals surface area (Å²) in [6, 6.07) is 10.7. The highest BCUT2D eigenvalue weighted by atomic mass is 32.2. The summed E-state index contributed by atoms with van der Waals surface area (Å²) in [7, 11) is -2.04. The van der Waals surface area contributed by atoms with Crippen LogP contribution in [0.2, 0.25) is 0 Å². The molecular weight excluding hydrogens is 291 g/mol. The second-order valence-corrected chi connectivity index (χ2v) is 6.31. The van der Waals surface area contributed by atoms with Crippen LogP contribution in [0.3, 0.4) is 0 Å². The molecule has 0 spiro atoms.